The minimum atomic E-state index is -4.78. The number of ether oxygens (including phenoxy) is 1. The van der Waals surface area contributed by atoms with Crippen LogP contribution in [0.3, 0.4) is 0 Å². The van der Waals surface area contributed by atoms with Crippen molar-refractivity contribution in [2.24, 2.45) is 5.10 Å². The van der Waals surface area contributed by atoms with Gasteiger partial charge in [-0.05, 0) is 6.92 Å². The molecule has 98 valence electrons. The molecular weight excluding hydrogens is 241 g/mol. The molecule has 8 heteroatoms. The maximum Gasteiger partial charge on any atom is 0.431 e. The van der Waals surface area contributed by atoms with E-state index in [9.17, 15) is 22.8 Å². The first-order chi connectivity index (χ1) is 7.68. The molecule has 0 aliphatic heterocycles. The Labute approximate surface area is 96.2 Å². The molecular formula is C9H13F3N2O3. The largest absolute Gasteiger partial charge is 0.466 e. The van der Waals surface area contributed by atoms with Crippen LogP contribution in [0.5, 0.6) is 0 Å². The van der Waals surface area contributed by atoms with E-state index in [1.165, 1.54) is 6.92 Å². The van der Waals surface area contributed by atoms with Gasteiger partial charge in [0.15, 0.2) is 5.71 Å². The lowest BCUT2D eigenvalue weighted by Gasteiger charge is -2.14. The fourth-order valence-corrected chi connectivity index (χ4v) is 0.792. The molecule has 0 N–H and O–H groups in total. The van der Waals surface area contributed by atoms with Crippen LogP contribution in [0.25, 0.3) is 0 Å². The second-order valence-electron chi connectivity index (χ2n) is 3.07. The monoisotopic (exact) mass is 254 g/mol. The third kappa shape index (κ3) is 5.88. The third-order valence-corrected chi connectivity index (χ3v) is 1.67. The molecule has 1 amide bonds. The van der Waals surface area contributed by atoms with E-state index in [2.05, 4.69) is 9.84 Å². The first kappa shape index (κ1) is 15.4. The lowest BCUT2D eigenvalue weighted by molar-refractivity contribution is -0.142. The van der Waals surface area contributed by atoms with E-state index in [-0.39, 0.29) is 6.61 Å². The van der Waals surface area contributed by atoms with E-state index < -0.39 is 30.2 Å². The summed E-state index contributed by atoms with van der Waals surface area (Å²) in [6.07, 6.45) is -5.80. The lowest BCUT2D eigenvalue weighted by Crippen LogP contribution is -2.31. The summed E-state index contributed by atoms with van der Waals surface area (Å²) < 4.78 is 41.8. The van der Waals surface area contributed by atoms with Gasteiger partial charge in [-0.1, -0.05) is 0 Å². The molecule has 0 aliphatic carbocycles. The SMILES string of the molecule is CCOC(=O)C/C(=N\N(C)C(C)=O)C(F)(F)F. The summed E-state index contributed by atoms with van der Waals surface area (Å²) in [5, 5.41) is 3.56. The number of alkyl halides is 3. The van der Waals surface area contributed by atoms with Crippen LogP contribution in [0.1, 0.15) is 20.3 Å². The molecule has 0 radical (unpaired) electrons. The lowest BCUT2D eigenvalue weighted by atomic mass is 10.2. The Balaban J connectivity index is 4.90. The molecule has 0 saturated heterocycles. The minimum Gasteiger partial charge on any atom is -0.466 e. The average molecular weight is 254 g/mol. The van der Waals surface area contributed by atoms with Gasteiger partial charge in [-0.3, -0.25) is 9.59 Å². The smallest absolute Gasteiger partial charge is 0.431 e. The van der Waals surface area contributed by atoms with Crippen molar-refractivity contribution >= 4 is 17.6 Å². The van der Waals surface area contributed by atoms with Crippen molar-refractivity contribution in [3.63, 3.8) is 0 Å². The maximum absolute atomic E-state index is 12.5. The predicted octanol–water partition coefficient (Wildman–Crippen LogP) is 1.34. The number of carbonyl (C=O) groups is 2. The molecule has 0 aliphatic rings. The van der Waals surface area contributed by atoms with Crippen LogP contribution in [0, 0.1) is 0 Å². The standard InChI is InChI=1S/C9H13F3N2O3/c1-4-17-8(16)5-7(9(10,11)12)13-14(3)6(2)15/h4-5H2,1-3H3/b13-7+. The number of amides is 1. The van der Waals surface area contributed by atoms with Gasteiger partial charge in [0.25, 0.3) is 0 Å². The Hall–Kier alpha value is -1.60. The number of hydrogen-bond donors (Lipinski definition) is 0. The zero-order chi connectivity index (χ0) is 13.6. The fourth-order valence-electron chi connectivity index (χ4n) is 0.792. The summed E-state index contributed by atoms with van der Waals surface area (Å²) in [7, 11) is 1.07. The Morgan fingerprint density at radius 3 is 2.24 bits per heavy atom. The van der Waals surface area contributed by atoms with Crippen LogP contribution in [-0.4, -0.2) is 42.4 Å². The van der Waals surface area contributed by atoms with Crippen molar-refractivity contribution in [2.75, 3.05) is 13.7 Å². The quantitative estimate of drug-likeness (QED) is 0.432. The molecule has 0 spiro atoms. The second kappa shape index (κ2) is 6.21. The highest BCUT2D eigenvalue weighted by Gasteiger charge is 2.38. The number of halogens is 3. The van der Waals surface area contributed by atoms with Crippen molar-refractivity contribution in [3.05, 3.63) is 0 Å². The van der Waals surface area contributed by atoms with Gasteiger partial charge in [0.2, 0.25) is 5.91 Å². The Bertz CT molecular complexity index is 326. The van der Waals surface area contributed by atoms with Crippen molar-refractivity contribution in [3.8, 4) is 0 Å². The summed E-state index contributed by atoms with van der Waals surface area (Å²) in [6.45, 7) is 2.51. The van der Waals surface area contributed by atoms with Crippen molar-refractivity contribution < 1.29 is 27.5 Å². The summed E-state index contributed by atoms with van der Waals surface area (Å²) >= 11 is 0. The van der Waals surface area contributed by atoms with E-state index in [1.54, 1.807) is 0 Å². The third-order valence-electron chi connectivity index (χ3n) is 1.67. The van der Waals surface area contributed by atoms with Gasteiger partial charge in [0.1, 0.15) is 0 Å². The maximum atomic E-state index is 12.5. The van der Waals surface area contributed by atoms with E-state index in [0.29, 0.717) is 5.01 Å². The van der Waals surface area contributed by atoms with E-state index >= 15 is 0 Å². The second-order valence-corrected chi connectivity index (χ2v) is 3.07. The van der Waals surface area contributed by atoms with Crippen LogP contribution in [0.15, 0.2) is 5.10 Å². The topological polar surface area (TPSA) is 59.0 Å². The van der Waals surface area contributed by atoms with Gasteiger partial charge in [0, 0.05) is 14.0 Å². The van der Waals surface area contributed by atoms with Gasteiger partial charge < -0.3 is 4.74 Å². The molecule has 0 fully saturated rings. The van der Waals surface area contributed by atoms with Crippen LogP contribution in [0.4, 0.5) is 13.2 Å². The van der Waals surface area contributed by atoms with E-state index in [1.807, 2.05) is 0 Å². The molecule has 17 heavy (non-hydrogen) atoms. The van der Waals surface area contributed by atoms with Crippen LogP contribution >= 0.6 is 0 Å². The molecule has 5 nitrogen and oxygen atoms in total. The number of esters is 1. The fraction of sp³-hybridized carbons (Fsp3) is 0.667. The van der Waals surface area contributed by atoms with Gasteiger partial charge in [0.05, 0.1) is 13.0 Å². The van der Waals surface area contributed by atoms with Crippen molar-refractivity contribution in [2.45, 2.75) is 26.4 Å². The van der Waals surface area contributed by atoms with Crippen LogP contribution < -0.4 is 0 Å². The highest BCUT2D eigenvalue weighted by Crippen LogP contribution is 2.20. The molecule has 0 saturated carbocycles. The number of carbonyl (C=O) groups excluding carboxylic acids is 2. The van der Waals surface area contributed by atoms with Crippen molar-refractivity contribution in [1.29, 1.82) is 0 Å². The molecule has 0 aromatic rings. The van der Waals surface area contributed by atoms with Crippen LogP contribution in [0.2, 0.25) is 0 Å². The molecule has 0 rings (SSSR count). The molecule has 0 heterocycles. The zero-order valence-corrected chi connectivity index (χ0v) is 9.67. The Kier molecular flexibility index (Phi) is 5.63. The highest BCUT2D eigenvalue weighted by atomic mass is 19.4. The molecule has 0 bridgehead atoms. The number of nitrogens with zero attached hydrogens (tertiary/aromatic N) is 2. The Morgan fingerprint density at radius 2 is 1.88 bits per heavy atom. The summed E-state index contributed by atoms with van der Waals surface area (Å²) in [4.78, 5) is 21.7. The van der Waals surface area contributed by atoms with Gasteiger partial charge in [-0.15, -0.1) is 0 Å². The van der Waals surface area contributed by atoms with Gasteiger partial charge in [-0.25, -0.2) is 5.01 Å². The predicted molar refractivity (Wildman–Crippen MR) is 53.2 cm³/mol. The first-order valence-electron chi connectivity index (χ1n) is 4.73. The Morgan fingerprint density at radius 1 is 1.35 bits per heavy atom. The van der Waals surface area contributed by atoms with Gasteiger partial charge >= 0.3 is 12.1 Å². The average Bonchev–Trinajstić information content (AvgIpc) is 2.15. The summed E-state index contributed by atoms with van der Waals surface area (Å²) in [5.74, 6) is -1.71. The molecule has 0 unspecified atom stereocenters. The van der Waals surface area contributed by atoms with E-state index in [4.69, 9.17) is 0 Å². The van der Waals surface area contributed by atoms with E-state index in [0.717, 1.165) is 14.0 Å². The van der Waals surface area contributed by atoms with Crippen molar-refractivity contribution in [1.82, 2.24) is 5.01 Å². The first-order valence-corrected chi connectivity index (χ1v) is 4.73. The van der Waals surface area contributed by atoms with Gasteiger partial charge in [-0.2, -0.15) is 18.3 Å². The highest BCUT2D eigenvalue weighted by molar-refractivity contribution is 6.02. The zero-order valence-electron chi connectivity index (χ0n) is 9.67. The number of rotatable bonds is 4. The minimum absolute atomic E-state index is 0.0213. The normalized spacial score (nSPS) is 12.2. The number of hydrazone groups is 1. The van der Waals surface area contributed by atoms with Crippen LogP contribution in [-0.2, 0) is 14.3 Å². The molecule has 0 atom stereocenters. The summed E-state index contributed by atoms with van der Waals surface area (Å²) in [6, 6.07) is 0. The molecule has 0 aromatic carbocycles. The molecule has 0 aromatic heterocycles. The summed E-state index contributed by atoms with van der Waals surface area (Å²) in [5.41, 5.74) is -1.37. The number of hydrogen-bond acceptors (Lipinski definition) is 4.